The summed E-state index contributed by atoms with van der Waals surface area (Å²) < 4.78 is 2.00. The zero-order valence-electron chi connectivity index (χ0n) is 11.8. The standard InChI is InChI=1S/C15H17Br2N3/c1-4-7-18-15-13(17)10(3)19-14(20-15)11-6-5-9(2)12(16)8-11/h5-6,8H,4,7H2,1-3H3,(H,18,19,20). The Hall–Kier alpha value is -0.940. The Morgan fingerprint density at radius 2 is 1.90 bits per heavy atom. The van der Waals surface area contributed by atoms with Gasteiger partial charge in [0.05, 0.1) is 10.2 Å². The van der Waals surface area contributed by atoms with Gasteiger partial charge in [0.15, 0.2) is 5.82 Å². The minimum absolute atomic E-state index is 0.741. The van der Waals surface area contributed by atoms with Crippen molar-refractivity contribution in [3.8, 4) is 11.4 Å². The second-order valence-corrected chi connectivity index (χ2v) is 6.33. The number of aryl methyl sites for hydroxylation is 2. The van der Waals surface area contributed by atoms with E-state index in [4.69, 9.17) is 0 Å². The van der Waals surface area contributed by atoms with Gasteiger partial charge >= 0.3 is 0 Å². The van der Waals surface area contributed by atoms with Gasteiger partial charge in [-0.25, -0.2) is 9.97 Å². The van der Waals surface area contributed by atoms with E-state index in [9.17, 15) is 0 Å². The molecule has 0 spiro atoms. The number of rotatable bonds is 4. The van der Waals surface area contributed by atoms with Gasteiger partial charge in [-0.15, -0.1) is 0 Å². The van der Waals surface area contributed by atoms with E-state index in [1.165, 1.54) is 5.56 Å². The molecule has 0 amide bonds. The second kappa shape index (κ2) is 6.68. The van der Waals surface area contributed by atoms with Crippen molar-refractivity contribution in [3.05, 3.63) is 38.4 Å². The minimum atomic E-state index is 0.741. The Kier molecular flexibility index (Phi) is 5.16. The van der Waals surface area contributed by atoms with Crippen molar-refractivity contribution in [2.75, 3.05) is 11.9 Å². The van der Waals surface area contributed by atoms with Gasteiger partial charge < -0.3 is 5.32 Å². The molecule has 0 saturated carbocycles. The van der Waals surface area contributed by atoms with E-state index in [0.717, 1.165) is 44.8 Å². The molecule has 0 aliphatic rings. The molecule has 20 heavy (non-hydrogen) atoms. The van der Waals surface area contributed by atoms with Gasteiger partial charge in [-0.1, -0.05) is 35.0 Å². The Morgan fingerprint density at radius 3 is 2.55 bits per heavy atom. The predicted molar refractivity (Wildman–Crippen MR) is 91.1 cm³/mol. The molecule has 1 aromatic heterocycles. The summed E-state index contributed by atoms with van der Waals surface area (Å²) in [5.74, 6) is 1.59. The minimum Gasteiger partial charge on any atom is -0.369 e. The summed E-state index contributed by atoms with van der Waals surface area (Å²) in [7, 11) is 0. The van der Waals surface area contributed by atoms with Crippen molar-refractivity contribution >= 4 is 37.7 Å². The normalized spacial score (nSPS) is 10.7. The molecule has 1 N–H and O–H groups in total. The van der Waals surface area contributed by atoms with Crippen LogP contribution in [0.5, 0.6) is 0 Å². The molecular weight excluding hydrogens is 382 g/mol. The van der Waals surface area contributed by atoms with Crippen LogP contribution in [0.3, 0.4) is 0 Å². The predicted octanol–water partition coefficient (Wildman–Crippen LogP) is 5.11. The van der Waals surface area contributed by atoms with Gasteiger partial charge in [0.1, 0.15) is 5.82 Å². The second-order valence-electron chi connectivity index (χ2n) is 4.69. The average molecular weight is 399 g/mol. The van der Waals surface area contributed by atoms with Crippen LogP contribution in [-0.4, -0.2) is 16.5 Å². The Balaban J connectivity index is 2.45. The van der Waals surface area contributed by atoms with Crippen LogP contribution in [0.4, 0.5) is 5.82 Å². The molecule has 1 heterocycles. The van der Waals surface area contributed by atoms with Crippen LogP contribution in [0.1, 0.15) is 24.6 Å². The maximum atomic E-state index is 4.62. The number of nitrogens with zero attached hydrogens (tertiary/aromatic N) is 2. The molecule has 0 atom stereocenters. The largest absolute Gasteiger partial charge is 0.369 e. The highest BCUT2D eigenvalue weighted by Gasteiger charge is 2.11. The first kappa shape index (κ1) is 15.4. The van der Waals surface area contributed by atoms with Gasteiger partial charge in [0.25, 0.3) is 0 Å². The third kappa shape index (κ3) is 3.38. The van der Waals surface area contributed by atoms with E-state index >= 15 is 0 Å². The molecule has 0 aliphatic carbocycles. The highest BCUT2D eigenvalue weighted by atomic mass is 79.9. The Bertz CT molecular complexity index is 627. The van der Waals surface area contributed by atoms with Gasteiger partial charge in [0, 0.05) is 16.6 Å². The molecule has 5 heteroatoms. The van der Waals surface area contributed by atoms with E-state index in [0.29, 0.717) is 0 Å². The Morgan fingerprint density at radius 1 is 1.15 bits per heavy atom. The summed E-state index contributed by atoms with van der Waals surface area (Å²) in [5.41, 5.74) is 3.15. The third-order valence-electron chi connectivity index (χ3n) is 2.99. The van der Waals surface area contributed by atoms with Crippen molar-refractivity contribution in [2.45, 2.75) is 27.2 Å². The zero-order chi connectivity index (χ0) is 14.7. The van der Waals surface area contributed by atoms with Crippen molar-refractivity contribution in [3.63, 3.8) is 0 Å². The zero-order valence-corrected chi connectivity index (χ0v) is 15.0. The van der Waals surface area contributed by atoms with E-state index in [-0.39, 0.29) is 0 Å². The van der Waals surface area contributed by atoms with Crippen LogP contribution in [0.25, 0.3) is 11.4 Å². The van der Waals surface area contributed by atoms with Gasteiger partial charge in [-0.2, -0.15) is 0 Å². The van der Waals surface area contributed by atoms with E-state index < -0.39 is 0 Å². The smallest absolute Gasteiger partial charge is 0.161 e. The summed E-state index contributed by atoms with van der Waals surface area (Å²) in [6, 6.07) is 6.17. The molecule has 0 bridgehead atoms. The van der Waals surface area contributed by atoms with Crippen LogP contribution < -0.4 is 5.32 Å². The molecule has 1 aromatic carbocycles. The van der Waals surface area contributed by atoms with Crippen molar-refractivity contribution in [2.24, 2.45) is 0 Å². The molecule has 2 aromatic rings. The van der Waals surface area contributed by atoms with Gasteiger partial charge in [-0.05, 0) is 47.8 Å². The molecule has 106 valence electrons. The topological polar surface area (TPSA) is 37.8 Å². The number of hydrogen-bond acceptors (Lipinski definition) is 3. The lowest BCUT2D eigenvalue weighted by Gasteiger charge is -2.11. The highest BCUT2D eigenvalue weighted by molar-refractivity contribution is 9.11. The lowest BCUT2D eigenvalue weighted by Crippen LogP contribution is -2.06. The first-order valence-electron chi connectivity index (χ1n) is 6.57. The highest BCUT2D eigenvalue weighted by Crippen LogP contribution is 2.28. The first-order chi connectivity index (χ1) is 9.52. The summed E-state index contributed by atoms with van der Waals surface area (Å²) in [6.45, 7) is 7.07. The molecule has 0 unspecified atom stereocenters. The summed E-state index contributed by atoms with van der Waals surface area (Å²) in [5, 5.41) is 3.33. The molecule has 0 saturated heterocycles. The van der Waals surface area contributed by atoms with Crippen molar-refractivity contribution in [1.82, 2.24) is 9.97 Å². The Labute approximate surface area is 136 Å². The molecule has 3 nitrogen and oxygen atoms in total. The maximum Gasteiger partial charge on any atom is 0.161 e. The lowest BCUT2D eigenvalue weighted by atomic mass is 10.1. The van der Waals surface area contributed by atoms with E-state index in [1.807, 2.05) is 13.0 Å². The summed E-state index contributed by atoms with van der Waals surface area (Å²) in [6.07, 6.45) is 1.06. The molecular formula is C15H17Br2N3. The molecule has 0 aliphatic heterocycles. The quantitative estimate of drug-likeness (QED) is 0.777. The van der Waals surface area contributed by atoms with Crippen LogP contribution >= 0.6 is 31.9 Å². The fraction of sp³-hybridized carbons (Fsp3) is 0.333. The maximum absolute atomic E-state index is 4.62. The number of nitrogens with one attached hydrogen (secondary N) is 1. The number of aromatic nitrogens is 2. The number of halogens is 2. The lowest BCUT2D eigenvalue weighted by molar-refractivity contribution is 0.958. The van der Waals surface area contributed by atoms with Gasteiger partial charge in [0.2, 0.25) is 0 Å². The van der Waals surface area contributed by atoms with Crippen molar-refractivity contribution in [1.29, 1.82) is 0 Å². The van der Waals surface area contributed by atoms with Crippen LogP contribution in [0.15, 0.2) is 27.1 Å². The van der Waals surface area contributed by atoms with Crippen molar-refractivity contribution < 1.29 is 0 Å². The SMILES string of the molecule is CCCNc1nc(-c2ccc(C)c(Br)c2)nc(C)c1Br. The average Bonchev–Trinajstić information content (AvgIpc) is 2.43. The monoisotopic (exact) mass is 397 g/mol. The van der Waals surface area contributed by atoms with E-state index in [1.54, 1.807) is 0 Å². The van der Waals surface area contributed by atoms with Crippen LogP contribution in [0.2, 0.25) is 0 Å². The molecule has 0 fully saturated rings. The number of hydrogen-bond donors (Lipinski definition) is 1. The van der Waals surface area contributed by atoms with Gasteiger partial charge in [-0.3, -0.25) is 0 Å². The number of anilines is 1. The van der Waals surface area contributed by atoms with Crippen LogP contribution in [-0.2, 0) is 0 Å². The fourth-order valence-corrected chi connectivity index (χ4v) is 2.48. The summed E-state index contributed by atoms with van der Waals surface area (Å²) in [4.78, 5) is 9.19. The number of benzene rings is 1. The molecule has 2 rings (SSSR count). The molecule has 0 radical (unpaired) electrons. The first-order valence-corrected chi connectivity index (χ1v) is 8.16. The van der Waals surface area contributed by atoms with E-state index in [2.05, 4.69) is 73.1 Å². The fourth-order valence-electron chi connectivity index (χ4n) is 1.78. The summed E-state index contributed by atoms with van der Waals surface area (Å²) >= 11 is 7.10. The third-order valence-corrected chi connectivity index (χ3v) is 4.79. The van der Waals surface area contributed by atoms with Crippen LogP contribution in [0, 0.1) is 13.8 Å².